The average Bonchev–Trinajstić information content (AvgIpc) is 2.38. The van der Waals surface area contributed by atoms with E-state index < -0.39 is 9.84 Å². The third-order valence-electron chi connectivity index (χ3n) is 4.01. The van der Waals surface area contributed by atoms with Crippen LogP contribution in [0.5, 0.6) is 0 Å². The van der Waals surface area contributed by atoms with Crippen LogP contribution >= 0.6 is 0 Å². The zero-order valence-corrected chi connectivity index (χ0v) is 15.2. The first kappa shape index (κ1) is 19.1. The Labute approximate surface area is 135 Å². The molecule has 0 aromatic heterocycles. The number of aryl methyl sites for hydroxylation is 1. The molecule has 1 N–H and O–H groups in total. The SMILES string of the molecule is Cc1ccc(S(=O)(=O)CCCN(C)C(CO)C(C)(C)C)cc1. The van der Waals surface area contributed by atoms with E-state index in [0.29, 0.717) is 17.9 Å². The fraction of sp³-hybridized carbons (Fsp3) is 0.647. The van der Waals surface area contributed by atoms with E-state index >= 15 is 0 Å². The second-order valence-corrected chi connectivity index (χ2v) is 9.14. The van der Waals surface area contributed by atoms with Crippen LogP contribution in [0.1, 0.15) is 32.8 Å². The van der Waals surface area contributed by atoms with Crippen LogP contribution in [0.25, 0.3) is 0 Å². The monoisotopic (exact) mass is 327 g/mol. The minimum atomic E-state index is -3.23. The van der Waals surface area contributed by atoms with E-state index in [4.69, 9.17) is 0 Å². The highest BCUT2D eigenvalue weighted by atomic mass is 32.2. The van der Waals surface area contributed by atoms with Crippen LogP contribution in [0.4, 0.5) is 0 Å². The second-order valence-electron chi connectivity index (χ2n) is 7.03. The fourth-order valence-corrected chi connectivity index (χ4v) is 3.89. The second kappa shape index (κ2) is 7.57. The van der Waals surface area contributed by atoms with Gasteiger partial charge in [0, 0.05) is 6.04 Å². The molecule has 126 valence electrons. The maximum absolute atomic E-state index is 12.3. The number of nitrogens with zero attached hydrogens (tertiary/aromatic N) is 1. The number of sulfone groups is 1. The lowest BCUT2D eigenvalue weighted by atomic mass is 9.86. The van der Waals surface area contributed by atoms with Crippen LogP contribution < -0.4 is 0 Å². The topological polar surface area (TPSA) is 57.6 Å². The molecule has 1 aromatic carbocycles. The maximum atomic E-state index is 12.3. The Morgan fingerprint density at radius 2 is 1.73 bits per heavy atom. The third-order valence-corrected chi connectivity index (χ3v) is 5.83. The van der Waals surface area contributed by atoms with Gasteiger partial charge in [0.25, 0.3) is 0 Å². The van der Waals surface area contributed by atoms with Gasteiger partial charge in [-0.1, -0.05) is 38.5 Å². The molecule has 22 heavy (non-hydrogen) atoms. The third kappa shape index (κ3) is 5.38. The standard InChI is InChI=1S/C17H29NO3S/c1-14-7-9-15(10-8-14)22(20,21)12-6-11-18(5)16(13-19)17(2,3)4/h7-10,16,19H,6,11-13H2,1-5H3. The van der Waals surface area contributed by atoms with E-state index in [1.807, 2.05) is 31.0 Å². The van der Waals surface area contributed by atoms with Gasteiger partial charge in [-0.2, -0.15) is 0 Å². The molecule has 1 aromatic rings. The molecule has 0 saturated heterocycles. The summed E-state index contributed by atoms with van der Waals surface area (Å²) in [4.78, 5) is 2.43. The number of hydrogen-bond donors (Lipinski definition) is 1. The summed E-state index contributed by atoms with van der Waals surface area (Å²) < 4.78 is 24.6. The van der Waals surface area contributed by atoms with Gasteiger partial charge in [-0.15, -0.1) is 0 Å². The Morgan fingerprint density at radius 3 is 2.18 bits per heavy atom. The highest BCUT2D eigenvalue weighted by molar-refractivity contribution is 7.91. The predicted molar refractivity (Wildman–Crippen MR) is 90.8 cm³/mol. The van der Waals surface area contributed by atoms with Gasteiger partial charge in [-0.05, 0) is 44.5 Å². The van der Waals surface area contributed by atoms with Crippen molar-refractivity contribution in [2.45, 2.75) is 45.1 Å². The summed E-state index contributed by atoms with van der Waals surface area (Å²) in [6.45, 7) is 8.89. The molecule has 0 spiro atoms. The first-order chi connectivity index (χ1) is 10.1. The molecule has 0 aliphatic heterocycles. The van der Waals surface area contributed by atoms with Crippen molar-refractivity contribution in [3.63, 3.8) is 0 Å². The number of aliphatic hydroxyl groups excluding tert-OH is 1. The molecule has 0 saturated carbocycles. The summed E-state index contributed by atoms with van der Waals surface area (Å²) in [7, 11) is -1.29. The summed E-state index contributed by atoms with van der Waals surface area (Å²) in [5.74, 6) is 0.128. The highest BCUT2D eigenvalue weighted by Crippen LogP contribution is 2.23. The van der Waals surface area contributed by atoms with Crippen molar-refractivity contribution in [3.05, 3.63) is 29.8 Å². The fourth-order valence-electron chi connectivity index (χ4n) is 2.60. The molecule has 1 rings (SSSR count). The van der Waals surface area contributed by atoms with Crippen molar-refractivity contribution >= 4 is 9.84 Å². The van der Waals surface area contributed by atoms with Crippen molar-refractivity contribution < 1.29 is 13.5 Å². The smallest absolute Gasteiger partial charge is 0.178 e. The summed E-state index contributed by atoms with van der Waals surface area (Å²) in [6.07, 6.45) is 0.555. The van der Waals surface area contributed by atoms with E-state index in [0.717, 1.165) is 5.56 Å². The molecule has 0 aliphatic rings. The minimum absolute atomic E-state index is 0.0228. The first-order valence-corrected chi connectivity index (χ1v) is 9.33. The number of hydrogen-bond acceptors (Lipinski definition) is 4. The van der Waals surface area contributed by atoms with Crippen molar-refractivity contribution in [3.8, 4) is 0 Å². The van der Waals surface area contributed by atoms with Gasteiger partial charge in [-0.3, -0.25) is 0 Å². The lowest BCUT2D eigenvalue weighted by molar-refractivity contribution is 0.0665. The lowest BCUT2D eigenvalue weighted by Crippen LogP contribution is -2.45. The summed E-state index contributed by atoms with van der Waals surface area (Å²) in [5, 5.41) is 9.54. The van der Waals surface area contributed by atoms with Gasteiger partial charge >= 0.3 is 0 Å². The Bertz CT molecular complexity index is 559. The maximum Gasteiger partial charge on any atom is 0.178 e. The predicted octanol–water partition coefficient (Wildman–Crippen LogP) is 2.50. The Kier molecular flexibility index (Phi) is 6.59. The summed E-state index contributed by atoms with van der Waals surface area (Å²) in [6, 6.07) is 7.00. The molecular weight excluding hydrogens is 298 g/mol. The Balaban J connectivity index is 2.61. The summed E-state index contributed by atoms with van der Waals surface area (Å²) >= 11 is 0. The van der Waals surface area contributed by atoms with Gasteiger partial charge in [0.15, 0.2) is 9.84 Å². The van der Waals surface area contributed by atoms with Crippen molar-refractivity contribution in [1.82, 2.24) is 4.90 Å². The summed E-state index contributed by atoms with van der Waals surface area (Å²) in [5.41, 5.74) is 1.01. The van der Waals surface area contributed by atoms with Crippen LogP contribution in [0.2, 0.25) is 0 Å². The number of likely N-dealkylation sites (N-methyl/N-ethyl adjacent to an activating group) is 1. The molecule has 0 fully saturated rings. The van der Waals surface area contributed by atoms with Crippen LogP contribution in [0.15, 0.2) is 29.2 Å². The van der Waals surface area contributed by atoms with E-state index in [-0.39, 0.29) is 23.8 Å². The molecule has 0 heterocycles. The normalized spacial score (nSPS) is 14.3. The van der Waals surface area contributed by atoms with E-state index in [9.17, 15) is 13.5 Å². The largest absolute Gasteiger partial charge is 0.395 e. The van der Waals surface area contributed by atoms with E-state index in [1.54, 1.807) is 12.1 Å². The quantitative estimate of drug-likeness (QED) is 0.836. The van der Waals surface area contributed by atoms with Crippen LogP contribution in [-0.2, 0) is 9.84 Å². The molecule has 0 radical (unpaired) electrons. The van der Waals surface area contributed by atoms with Gasteiger partial charge in [0.1, 0.15) is 0 Å². The van der Waals surface area contributed by atoms with Crippen molar-refractivity contribution in [2.24, 2.45) is 5.41 Å². The van der Waals surface area contributed by atoms with Gasteiger partial charge < -0.3 is 10.0 Å². The average molecular weight is 327 g/mol. The molecule has 0 aliphatic carbocycles. The van der Waals surface area contributed by atoms with Crippen LogP contribution in [-0.4, -0.2) is 50.4 Å². The zero-order valence-electron chi connectivity index (χ0n) is 14.3. The van der Waals surface area contributed by atoms with Crippen LogP contribution in [0, 0.1) is 12.3 Å². The number of rotatable bonds is 7. The first-order valence-electron chi connectivity index (χ1n) is 7.68. The highest BCUT2D eigenvalue weighted by Gasteiger charge is 2.27. The Morgan fingerprint density at radius 1 is 1.18 bits per heavy atom. The molecule has 1 atom stereocenters. The number of aliphatic hydroxyl groups is 1. The van der Waals surface area contributed by atoms with Crippen molar-refractivity contribution in [2.75, 3.05) is 26.0 Å². The van der Waals surface area contributed by atoms with Gasteiger partial charge in [0.05, 0.1) is 17.3 Å². The molecular formula is C17H29NO3S. The van der Waals surface area contributed by atoms with Gasteiger partial charge in [0.2, 0.25) is 0 Å². The molecule has 5 heteroatoms. The van der Waals surface area contributed by atoms with Crippen molar-refractivity contribution in [1.29, 1.82) is 0 Å². The molecule has 0 bridgehead atoms. The zero-order chi connectivity index (χ0) is 17.0. The Hall–Kier alpha value is -0.910. The van der Waals surface area contributed by atoms with E-state index in [1.165, 1.54) is 0 Å². The van der Waals surface area contributed by atoms with E-state index in [2.05, 4.69) is 20.8 Å². The number of benzene rings is 1. The molecule has 4 nitrogen and oxygen atoms in total. The minimum Gasteiger partial charge on any atom is -0.395 e. The van der Waals surface area contributed by atoms with Gasteiger partial charge in [-0.25, -0.2) is 8.42 Å². The lowest BCUT2D eigenvalue weighted by Gasteiger charge is -2.36. The molecule has 0 amide bonds. The van der Waals surface area contributed by atoms with Crippen LogP contribution in [0.3, 0.4) is 0 Å². The molecule has 1 unspecified atom stereocenters.